The fourth-order valence-electron chi connectivity index (χ4n) is 3.60. The van der Waals surface area contributed by atoms with Crippen LogP contribution in [-0.4, -0.2) is 23.3 Å². The molecule has 0 unspecified atom stereocenters. The molecule has 6 heteroatoms. The molecule has 1 aliphatic heterocycles. The Bertz CT molecular complexity index is 1250. The van der Waals surface area contributed by atoms with E-state index in [1.165, 1.54) is 0 Å². The van der Waals surface area contributed by atoms with Crippen LogP contribution in [0.4, 0.5) is 5.69 Å². The van der Waals surface area contributed by atoms with Gasteiger partial charge >= 0.3 is 0 Å². The second kappa shape index (κ2) is 6.91. The SMILES string of the molecule is O=C1NCCc2ccc(NC(=O)c3cc(-c4ccco4)nc4ccccc34)cc21. The Morgan fingerprint density at radius 2 is 1.97 bits per heavy atom. The molecule has 4 aromatic rings. The predicted molar refractivity (Wildman–Crippen MR) is 110 cm³/mol. The Labute approximate surface area is 166 Å². The monoisotopic (exact) mass is 383 g/mol. The van der Waals surface area contributed by atoms with Crippen molar-refractivity contribution < 1.29 is 14.0 Å². The number of pyridine rings is 1. The van der Waals surface area contributed by atoms with Gasteiger partial charge in [-0.25, -0.2) is 4.98 Å². The summed E-state index contributed by atoms with van der Waals surface area (Å²) in [6, 6.07) is 18.2. The molecule has 5 rings (SSSR count). The van der Waals surface area contributed by atoms with Crippen LogP contribution in [-0.2, 0) is 6.42 Å². The first-order valence-corrected chi connectivity index (χ1v) is 9.35. The Morgan fingerprint density at radius 3 is 2.83 bits per heavy atom. The summed E-state index contributed by atoms with van der Waals surface area (Å²) in [6.45, 7) is 0.635. The number of anilines is 1. The van der Waals surface area contributed by atoms with Gasteiger partial charge in [0.1, 0.15) is 5.69 Å². The molecule has 142 valence electrons. The average Bonchev–Trinajstić information content (AvgIpc) is 3.28. The number of aromatic nitrogens is 1. The number of nitrogens with one attached hydrogen (secondary N) is 2. The standard InChI is InChI=1S/C23H17N3O3/c27-22-17-12-15(8-7-14(17)9-10-24-22)25-23(28)18-13-20(21-6-3-11-29-21)26-19-5-2-1-4-16(18)19/h1-8,11-13H,9-10H2,(H,24,27)(H,25,28). The highest BCUT2D eigenvalue weighted by Gasteiger charge is 2.19. The highest BCUT2D eigenvalue weighted by Crippen LogP contribution is 2.26. The summed E-state index contributed by atoms with van der Waals surface area (Å²) in [6.07, 6.45) is 2.36. The normalized spacial score (nSPS) is 13.0. The molecule has 1 aliphatic rings. The number of nitrogens with zero attached hydrogens (tertiary/aromatic N) is 1. The van der Waals surface area contributed by atoms with Crippen LogP contribution in [0.1, 0.15) is 26.3 Å². The van der Waals surface area contributed by atoms with Gasteiger partial charge in [-0.2, -0.15) is 0 Å². The molecular formula is C23H17N3O3. The Balaban J connectivity index is 1.54. The lowest BCUT2D eigenvalue weighted by Gasteiger charge is -2.17. The van der Waals surface area contributed by atoms with E-state index in [-0.39, 0.29) is 11.8 Å². The van der Waals surface area contributed by atoms with Crippen LogP contribution in [0.2, 0.25) is 0 Å². The second-order valence-electron chi connectivity index (χ2n) is 6.88. The van der Waals surface area contributed by atoms with Crippen molar-refractivity contribution >= 4 is 28.4 Å². The molecule has 3 heterocycles. The van der Waals surface area contributed by atoms with Gasteiger partial charge in [0.05, 0.1) is 17.3 Å². The van der Waals surface area contributed by atoms with Crippen molar-refractivity contribution in [2.75, 3.05) is 11.9 Å². The first kappa shape index (κ1) is 17.2. The molecule has 29 heavy (non-hydrogen) atoms. The van der Waals surface area contributed by atoms with E-state index in [1.807, 2.05) is 36.4 Å². The van der Waals surface area contributed by atoms with Gasteiger partial charge in [0.2, 0.25) is 0 Å². The topological polar surface area (TPSA) is 84.2 Å². The summed E-state index contributed by atoms with van der Waals surface area (Å²) in [4.78, 5) is 29.8. The maximum atomic E-state index is 13.1. The Morgan fingerprint density at radius 1 is 1.07 bits per heavy atom. The van der Waals surface area contributed by atoms with Gasteiger partial charge in [-0.05, 0) is 48.4 Å². The lowest BCUT2D eigenvalue weighted by atomic mass is 9.99. The number of hydrogen-bond acceptors (Lipinski definition) is 4. The highest BCUT2D eigenvalue weighted by molar-refractivity contribution is 6.13. The van der Waals surface area contributed by atoms with Crippen LogP contribution in [0.25, 0.3) is 22.4 Å². The molecular weight excluding hydrogens is 366 g/mol. The number of amides is 2. The van der Waals surface area contributed by atoms with Gasteiger partial charge in [0.15, 0.2) is 5.76 Å². The molecule has 0 spiro atoms. The zero-order valence-electron chi connectivity index (χ0n) is 15.4. The average molecular weight is 383 g/mol. The number of para-hydroxylation sites is 1. The smallest absolute Gasteiger partial charge is 0.256 e. The van der Waals surface area contributed by atoms with Crippen molar-refractivity contribution in [3.63, 3.8) is 0 Å². The van der Waals surface area contributed by atoms with Crippen molar-refractivity contribution in [1.82, 2.24) is 10.3 Å². The maximum Gasteiger partial charge on any atom is 0.256 e. The number of hydrogen-bond donors (Lipinski definition) is 2. The number of fused-ring (bicyclic) bond motifs is 2. The second-order valence-corrected chi connectivity index (χ2v) is 6.88. The predicted octanol–water partition coefficient (Wildman–Crippen LogP) is 4.03. The van der Waals surface area contributed by atoms with Crippen LogP contribution in [0.15, 0.2) is 71.3 Å². The third-order valence-corrected chi connectivity index (χ3v) is 5.03. The van der Waals surface area contributed by atoms with E-state index in [4.69, 9.17) is 4.42 Å². The summed E-state index contributed by atoms with van der Waals surface area (Å²) in [5.74, 6) is 0.208. The van der Waals surface area contributed by atoms with Crippen LogP contribution in [0.5, 0.6) is 0 Å². The van der Waals surface area contributed by atoms with Gasteiger partial charge in [-0.15, -0.1) is 0 Å². The summed E-state index contributed by atoms with van der Waals surface area (Å²) in [5.41, 5.74) is 3.95. The van der Waals surface area contributed by atoms with Gasteiger partial charge in [0.25, 0.3) is 11.8 Å². The van der Waals surface area contributed by atoms with E-state index in [9.17, 15) is 9.59 Å². The molecule has 0 aliphatic carbocycles. The van der Waals surface area contributed by atoms with E-state index in [2.05, 4.69) is 15.6 Å². The number of carbonyl (C=O) groups excluding carboxylic acids is 2. The van der Waals surface area contributed by atoms with E-state index in [0.717, 1.165) is 17.4 Å². The minimum atomic E-state index is -0.271. The van der Waals surface area contributed by atoms with E-state index >= 15 is 0 Å². The number of benzene rings is 2. The van der Waals surface area contributed by atoms with Gasteiger partial charge < -0.3 is 15.1 Å². The van der Waals surface area contributed by atoms with Crippen LogP contribution in [0.3, 0.4) is 0 Å². The minimum Gasteiger partial charge on any atom is -0.463 e. The molecule has 2 aromatic carbocycles. The third-order valence-electron chi connectivity index (χ3n) is 5.03. The van der Waals surface area contributed by atoms with Crippen LogP contribution >= 0.6 is 0 Å². The van der Waals surface area contributed by atoms with Gasteiger partial charge in [-0.3, -0.25) is 9.59 Å². The fraction of sp³-hybridized carbons (Fsp3) is 0.0870. The van der Waals surface area contributed by atoms with Crippen LogP contribution < -0.4 is 10.6 Å². The summed E-state index contributed by atoms with van der Waals surface area (Å²) < 4.78 is 5.46. The molecule has 0 fully saturated rings. The highest BCUT2D eigenvalue weighted by atomic mass is 16.3. The molecule has 0 bridgehead atoms. The molecule has 2 N–H and O–H groups in total. The third kappa shape index (κ3) is 3.14. The summed E-state index contributed by atoms with van der Waals surface area (Å²) >= 11 is 0. The number of rotatable bonds is 3. The van der Waals surface area contributed by atoms with Gasteiger partial charge in [0, 0.05) is 23.2 Å². The van der Waals surface area contributed by atoms with Gasteiger partial charge in [-0.1, -0.05) is 24.3 Å². The Hall–Kier alpha value is -3.93. The fourth-order valence-corrected chi connectivity index (χ4v) is 3.60. The molecule has 0 saturated heterocycles. The van der Waals surface area contributed by atoms with Crippen molar-refractivity contribution in [2.24, 2.45) is 0 Å². The summed E-state index contributed by atoms with van der Waals surface area (Å²) in [5, 5.41) is 6.49. The number of carbonyl (C=O) groups is 2. The van der Waals surface area contributed by atoms with Crippen LogP contribution in [0, 0.1) is 0 Å². The lowest BCUT2D eigenvalue weighted by Crippen LogP contribution is -2.31. The van der Waals surface area contributed by atoms with E-state index in [0.29, 0.717) is 40.3 Å². The zero-order valence-corrected chi connectivity index (χ0v) is 15.4. The molecule has 2 aromatic heterocycles. The Kier molecular flexibility index (Phi) is 4.09. The lowest BCUT2D eigenvalue weighted by molar-refractivity contribution is 0.0944. The molecule has 0 saturated carbocycles. The minimum absolute atomic E-state index is 0.114. The molecule has 0 atom stereocenters. The quantitative estimate of drug-likeness (QED) is 0.559. The number of furan rings is 1. The first-order chi connectivity index (χ1) is 14.2. The molecule has 6 nitrogen and oxygen atoms in total. The van der Waals surface area contributed by atoms with Crippen molar-refractivity contribution in [2.45, 2.75) is 6.42 Å². The molecule has 2 amide bonds. The van der Waals surface area contributed by atoms with Crippen molar-refractivity contribution in [1.29, 1.82) is 0 Å². The first-order valence-electron chi connectivity index (χ1n) is 9.35. The van der Waals surface area contributed by atoms with E-state index in [1.54, 1.807) is 30.5 Å². The zero-order chi connectivity index (χ0) is 19.8. The van der Waals surface area contributed by atoms with Crippen molar-refractivity contribution in [3.05, 3.63) is 83.6 Å². The van der Waals surface area contributed by atoms with Crippen molar-refractivity contribution in [3.8, 4) is 11.5 Å². The maximum absolute atomic E-state index is 13.1. The molecule has 0 radical (unpaired) electrons. The summed E-state index contributed by atoms with van der Waals surface area (Å²) in [7, 11) is 0. The largest absolute Gasteiger partial charge is 0.463 e. The van der Waals surface area contributed by atoms with E-state index < -0.39 is 0 Å².